The third-order valence-corrected chi connectivity index (χ3v) is 7.64. The predicted octanol–water partition coefficient (Wildman–Crippen LogP) is 5.78. The van der Waals surface area contributed by atoms with Gasteiger partial charge < -0.3 is 9.64 Å². The molecule has 0 radical (unpaired) electrons. The summed E-state index contributed by atoms with van der Waals surface area (Å²) in [5.74, 6) is 0.531. The van der Waals surface area contributed by atoms with Gasteiger partial charge in [-0.2, -0.15) is 0 Å². The first-order valence-corrected chi connectivity index (χ1v) is 12.7. The first-order chi connectivity index (χ1) is 17.0. The number of hydrogen-bond acceptors (Lipinski definition) is 6. The van der Waals surface area contributed by atoms with Crippen LogP contribution in [0.4, 0.5) is 5.13 Å². The van der Waals surface area contributed by atoms with E-state index in [4.69, 9.17) is 9.72 Å². The van der Waals surface area contributed by atoms with E-state index in [1.807, 2.05) is 54.6 Å². The van der Waals surface area contributed by atoms with Crippen LogP contribution in [-0.2, 0) is 6.54 Å². The van der Waals surface area contributed by atoms with Crippen molar-refractivity contribution in [2.45, 2.75) is 19.0 Å². The van der Waals surface area contributed by atoms with Crippen LogP contribution in [0, 0.1) is 0 Å². The molecule has 1 N–H and O–H groups in total. The molecule has 0 spiro atoms. The summed E-state index contributed by atoms with van der Waals surface area (Å²) in [7, 11) is 5.93. The molecular formula is C28H31ClN4O2S. The average Bonchev–Trinajstić information content (AvgIpc) is 3.51. The van der Waals surface area contributed by atoms with Gasteiger partial charge >= 0.3 is 0 Å². The van der Waals surface area contributed by atoms with Crippen LogP contribution in [0.1, 0.15) is 22.3 Å². The van der Waals surface area contributed by atoms with Gasteiger partial charge in [0.1, 0.15) is 11.3 Å². The van der Waals surface area contributed by atoms with E-state index in [9.17, 15) is 4.79 Å². The van der Waals surface area contributed by atoms with Crippen molar-refractivity contribution in [1.82, 2.24) is 14.8 Å². The van der Waals surface area contributed by atoms with Crippen molar-refractivity contribution in [3.63, 3.8) is 0 Å². The van der Waals surface area contributed by atoms with E-state index in [2.05, 4.69) is 41.3 Å². The van der Waals surface area contributed by atoms with Crippen molar-refractivity contribution in [2.24, 2.45) is 0 Å². The monoisotopic (exact) mass is 522 g/mol. The SMILES string of the molecule is COc1ccc(-c2ccccc2)c2sc(NC(=O)c3ccc(CN4CC[C@H](N(C)C)C4)cc3)nc12.Cl. The van der Waals surface area contributed by atoms with Crippen molar-refractivity contribution >= 4 is 45.0 Å². The molecule has 2 heterocycles. The second-order valence-electron chi connectivity index (χ2n) is 9.17. The zero-order chi connectivity index (χ0) is 24.4. The summed E-state index contributed by atoms with van der Waals surface area (Å²) in [6, 6.07) is 22.7. The molecule has 1 atom stereocenters. The van der Waals surface area contributed by atoms with E-state index in [-0.39, 0.29) is 18.3 Å². The van der Waals surface area contributed by atoms with Gasteiger partial charge in [0.05, 0.1) is 11.8 Å². The lowest BCUT2D eigenvalue weighted by molar-refractivity contribution is 0.102. The Morgan fingerprint density at radius 1 is 1.11 bits per heavy atom. The van der Waals surface area contributed by atoms with E-state index in [0.717, 1.165) is 41.0 Å². The average molecular weight is 523 g/mol. The summed E-state index contributed by atoms with van der Waals surface area (Å²) in [5, 5.41) is 3.54. The Bertz CT molecular complexity index is 1320. The number of carbonyl (C=O) groups excluding carboxylic acids is 1. The van der Waals surface area contributed by atoms with Gasteiger partial charge in [0.15, 0.2) is 5.13 Å². The van der Waals surface area contributed by atoms with Gasteiger partial charge in [0, 0.05) is 36.8 Å². The molecule has 0 saturated carbocycles. The third kappa shape index (κ3) is 5.55. The number of carbonyl (C=O) groups is 1. The zero-order valence-corrected chi connectivity index (χ0v) is 22.4. The molecule has 188 valence electrons. The maximum atomic E-state index is 13.0. The molecule has 3 aromatic carbocycles. The highest BCUT2D eigenvalue weighted by molar-refractivity contribution is 7.23. The zero-order valence-electron chi connectivity index (χ0n) is 20.7. The minimum Gasteiger partial charge on any atom is -0.494 e. The molecule has 0 bridgehead atoms. The number of fused-ring (bicyclic) bond motifs is 1. The number of halogens is 1. The molecule has 5 rings (SSSR count). The molecule has 6 nitrogen and oxygen atoms in total. The number of nitrogens with zero attached hydrogens (tertiary/aromatic N) is 3. The number of likely N-dealkylation sites (N-methyl/N-ethyl adjacent to an activating group) is 1. The number of nitrogens with one attached hydrogen (secondary N) is 1. The number of amides is 1. The van der Waals surface area contributed by atoms with Gasteiger partial charge in [-0.15, -0.1) is 12.4 Å². The first kappa shape index (κ1) is 26.1. The quantitative estimate of drug-likeness (QED) is 0.333. The Labute approximate surface area is 222 Å². The number of hydrogen-bond donors (Lipinski definition) is 1. The van der Waals surface area contributed by atoms with Crippen molar-refractivity contribution < 1.29 is 9.53 Å². The lowest BCUT2D eigenvalue weighted by Gasteiger charge is -2.20. The van der Waals surface area contributed by atoms with Crippen LogP contribution in [0.2, 0.25) is 0 Å². The second kappa shape index (κ2) is 11.4. The number of likely N-dealkylation sites (tertiary alicyclic amines) is 1. The van der Waals surface area contributed by atoms with Gasteiger partial charge in [0.2, 0.25) is 0 Å². The lowest BCUT2D eigenvalue weighted by atomic mass is 10.1. The molecule has 1 fully saturated rings. The summed E-state index contributed by atoms with van der Waals surface area (Å²) in [4.78, 5) is 22.4. The smallest absolute Gasteiger partial charge is 0.257 e. The Balaban J connectivity index is 0.00000304. The summed E-state index contributed by atoms with van der Waals surface area (Å²) < 4.78 is 6.52. The van der Waals surface area contributed by atoms with Crippen LogP contribution in [-0.4, -0.2) is 61.0 Å². The van der Waals surface area contributed by atoms with E-state index in [1.54, 1.807) is 7.11 Å². The van der Waals surface area contributed by atoms with E-state index in [0.29, 0.717) is 22.5 Å². The first-order valence-electron chi connectivity index (χ1n) is 11.8. The fraction of sp³-hybridized carbons (Fsp3) is 0.286. The summed E-state index contributed by atoms with van der Waals surface area (Å²) in [6.45, 7) is 3.10. The second-order valence-corrected chi connectivity index (χ2v) is 10.2. The van der Waals surface area contributed by atoms with Crippen LogP contribution in [0.5, 0.6) is 5.75 Å². The summed E-state index contributed by atoms with van der Waals surface area (Å²) in [5.41, 5.74) is 4.77. The number of ether oxygens (including phenoxy) is 1. The Morgan fingerprint density at radius 2 is 1.86 bits per heavy atom. The van der Waals surface area contributed by atoms with Crippen molar-refractivity contribution in [1.29, 1.82) is 0 Å². The molecule has 4 aromatic rings. The van der Waals surface area contributed by atoms with Crippen LogP contribution in [0.25, 0.3) is 21.3 Å². The van der Waals surface area contributed by atoms with Gasteiger partial charge in [-0.05, 0) is 55.9 Å². The number of thiazole rings is 1. The standard InChI is InChI=1S/C28H30N4O2S.ClH/c1-31(2)22-15-16-32(18-22)17-19-9-11-21(12-10-19)27(33)30-28-29-25-24(34-3)14-13-23(26(25)35-28)20-7-5-4-6-8-20;/h4-14,22H,15-18H2,1-3H3,(H,29,30,33);1H/t22-;/m0./s1. The Kier molecular flexibility index (Phi) is 8.26. The normalized spacial score (nSPS) is 15.7. The number of methoxy groups -OCH3 is 1. The highest BCUT2D eigenvalue weighted by Gasteiger charge is 2.23. The predicted molar refractivity (Wildman–Crippen MR) is 151 cm³/mol. The number of anilines is 1. The van der Waals surface area contributed by atoms with Crippen molar-refractivity contribution in [3.05, 3.63) is 77.9 Å². The fourth-order valence-corrected chi connectivity index (χ4v) is 5.63. The topological polar surface area (TPSA) is 57.7 Å². The van der Waals surface area contributed by atoms with Crippen molar-refractivity contribution in [3.8, 4) is 16.9 Å². The number of benzene rings is 3. The molecule has 1 aromatic heterocycles. The fourth-order valence-electron chi connectivity index (χ4n) is 4.61. The van der Waals surface area contributed by atoms with Crippen molar-refractivity contribution in [2.75, 3.05) is 39.6 Å². The largest absolute Gasteiger partial charge is 0.494 e. The Hall–Kier alpha value is -2.97. The lowest BCUT2D eigenvalue weighted by Crippen LogP contribution is -2.31. The summed E-state index contributed by atoms with van der Waals surface area (Å²) in [6.07, 6.45) is 1.20. The van der Waals surface area contributed by atoms with E-state index in [1.165, 1.54) is 23.3 Å². The van der Waals surface area contributed by atoms with Crippen LogP contribution in [0.3, 0.4) is 0 Å². The molecule has 1 aliphatic heterocycles. The van der Waals surface area contributed by atoms with E-state index >= 15 is 0 Å². The van der Waals surface area contributed by atoms with Crippen LogP contribution in [0.15, 0.2) is 66.7 Å². The molecule has 1 amide bonds. The van der Waals surface area contributed by atoms with Gasteiger partial charge in [-0.3, -0.25) is 15.0 Å². The number of aromatic nitrogens is 1. The molecule has 8 heteroatoms. The Morgan fingerprint density at radius 3 is 2.53 bits per heavy atom. The molecule has 36 heavy (non-hydrogen) atoms. The molecular weight excluding hydrogens is 492 g/mol. The van der Waals surface area contributed by atoms with E-state index < -0.39 is 0 Å². The van der Waals surface area contributed by atoms with Gasteiger partial charge in [-0.25, -0.2) is 4.98 Å². The molecule has 1 saturated heterocycles. The number of rotatable bonds is 7. The van der Waals surface area contributed by atoms with Crippen LogP contribution >= 0.6 is 23.7 Å². The maximum Gasteiger partial charge on any atom is 0.257 e. The molecule has 1 aliphatic rings. The minimum absolute atomic E-state index is 0. The van der Waals surface area contributed by atoms with Gasteiger partial charge in [-0.1, -0.05) is 53.8 Å². The molecule has 0 aliphatic carbocycles. The van der Waals surface area contributed by atoms with Gasteiger partial charge in [0.25, 0.3) is 5.91 Å². The maximum absolute atomic E-state index is 13.0. The van der Waals surface area contributed by atoms with Crippen LogP contribution < -0.4 is 10.1 Å². The highest BCUT2D eigenvalue weighted by Crippen LogP contribution is 2.39. The molecule has 0 unspecified atom stereocenters. The third-order valence-electron chi connectivity index (χ3n) is 6.63. The minimum atomic E-state index is -0.162. The summed E-state index contributed by atoms with van der Waals surface area (Å²) >= 11 is 1.46. The highest BCUT2D eigenvalue weighted by atomic mass is 35.5.